The Kier molecular flexibility index (Phi) is 6.38. The maximum Gasteiger partial charge on any atom is 0.148 e. The lowest BCUT2D eigenvalue weighted by Gasteiger charge is -2.22. The number of nitrogens with one attached hydrogen (secondary N) is 1. The molecule has 1 aromatic rings. The van der Waals surface area contributed by atoms with Crippen molar-refractivity contribution in [3.8, 4) is 0 Å². The van der Waals surface area contributed by atoms with Crippen LogP contribution in [0.2, 0.25) is 0 Å². The minimum atomic E-state index is 0.688. The summed E-state index contributed by atoms with van der Waals surface area (Å²) < 4.78 is 5.36. The largest absolute Gasteiger partial charge is 0.380 e. The molecule has 18 heavy (non-hydrogen) atoms. The Balaban J connectivity index is 2.85. The quantitative estimate of drug-likeness (QED) is 0.412. The van der Waals surface area contributed by atoms with E-state index in [1.165, 1.54) is 6.33 Å². The van der Waals surface area contributed by atoms with Crippen LogP contribution in [0.15, 0.2) is 6.33 Å². The van der Waals surface area contributed by atoms with Crippen molar-refractivity contribution in [2.75, 3.05) is 37.1 Å². The van der Waals surface area contributed by atoms with Crippen LogP contribution in [0.5, 0.6) is 0 Å². The second-order valence-corrected chi connectivity index (χ2v) is 4.04. The fourth-order valence-electron chi connectivity index (χ4n) is 1.79. The van der Waals surface area contributed by atoms with E-state index in [0.717, 1.165) is 37.4 Å². The lowest BCUT2D eigenvalue weighted by atomic mass is 10.1. The highest BCUT2D eigenvalue weighted by Crippen LogP contribution is 2.23. The Morgan fingerprint density at radius 3 is 2.78 bits per heavy atom. The number of hydrazine groups is 1. The first kappa shape index (κ1) is 14.7. The van der Waals surface area contributed by atoms with Gasteiger partial charge >= 0.3 is 0 Å². The number of hydrogen-bond donors (Lipinski definition) is 2. The average molecular weight is 253 g/mol. The zero-order valence-corrected chi connectivity index (χ0v) is 11.4. The molecule has 0 spiro atoms. The van der Waals surface area contributed by atoms with Crippen molar-refractivity contribution in [1.82, 2.24) is 9.97 Å². The summed E-state index contributed by atoms with van der Waals surface area (Å²) in [6.07, 6.45) is 3.45. The van der Waals surface area contributed by atoms with E-state index in [1.54, 1.807) is 0 Å². The van der Waals surface area contributed by atoms with E-state index in [1.807, 2.05) is 14.0 Å². The molecule has 102 valence electrons. The fraction of sp³-hybridized carbons (Fsp3) is 0.667. The lowest BCUT2D eigenvalue weighted by molar-refractivity contribution is 0.154. The molecule has 6 heteroatoms. The van der Waals surface area contributed by atoms with Gasteiger partial charge in [-0.1, -0.05) is 13.3 Å². The molecule has 0 radical (unpaired) electrons. The van der Waals surface area contributed by atoms with Gasteiger partial charge in [0.15, 0.2) is 0 Å². The van der Waals surface area contributed by atoms with Gasteiger partial charge < -0.3 is 15.1 Å². The van der Waals surface area contributed by atoms with E-state index >= 15 is 0 Å². The van der Waals surface area contributed by atoms with E-state index in [4.69, 9.17) is 10.6 Å². The standard InChI is InChI=1S/C12H23N5O/c1-4-6-10-11(16-13)14-9-15-12(10)17(3)7-8-18-5-2/h9H,4-8,13H2,1-3H3,(H,14,15,16). The molecule has 0 bridgehead atoms. The maximum absolute atomic E-state index is 5.49. The van der Waals surface area contributed by atoms with Crippen molar-refractivity contribution in [2.45, 2.75) is 26.7 Å². The summed E-state index contributed by atoms with van der Waals surface area (Å²) in [5.41, 5.74) is 3.69. The number of anilines is 2. The predicted molar refractivity (Wildman–Crippen MR) is 73.6 cm³/mol. The third-order valence-corrected chi connectivity index (χ3v) is 2.70. The van der Waals surface area contributed by atoms with Gasteiger partial charge in [-0.25, -0.2) is 15.8 Å². The number of rotatable bonds is 8. The fourth-order valence-corrected chi connectivity index (χ4v) is 1.79. The number of nitrogen functional groups attached to an aromatic ring is 1. The van der Waals surface area contributed by atoms with Crippen LogP contribution in [-0.2, 0) is 11.2 Å². The van der Waals surface area contributed by atoms with Crippen LogP contribution < -0.4 is 16.2 Å². The topological polar surface area (TPSA) is 76.3 Å². The Bertz CT molecular complexity index is 358. The normalized spacial score (nSPS) is 10.4. The lowest BCUT2D eigenvalue weighted by Crippen LogP contribution is -2.26. The molecule has 0 atom stereocenters. The van der Waals surface area contributed by atoms with Gasteiger partial charge in [0, 0.05) is 25.8 Å². The minimum Gasteiger partial charge on any atom is -0.380 e. The molecule has 0 unspecified atom stereocenters. The molecule has 0 aliphatic rings. The zero-order valence-electron chi connectivity index (χ0n) is 11.4. The van der Waals surface area contributed by atoms with E-state index in [2.05, 4.69) is 27.2 Å². The zero-order chi connectivity index (χ0) is 13.4. The SMILES string of the molecule is CCCc1c(NN)ncnc1N(C)CCOCC. The predicted octanol–water partition coefficient (Wildman–Crippen LogP) is 1.19. The van der Waals surface area contributed by atoms with Crippen LogP contribution in [-0.4, -0.2) is 36.8 Å². The third kappa shape index (κ3) is 3.82. The summed E-state index contributed by atoms with van der Waals surface area (Å²) >= 11 is 0. The van der Waals surface area contributed by atoms with Gasteiger partial charge in [-0.3, -0.25) is 0 Å². The summed E-state index contributed by atoms with van der Waals surface area (Å²) in [6.45, 7) is 6.33. The summed E-state index contributed by atoms with van der Waals surface area (Å²) in [5, 5.41) is 0. The van der Waals surface area contributed by atoms with E-state index in [0.29, 0.717) is 12.4 Å². The Morgan fingerprint density at radius 2 is 2.17 bits per heavy atom. The molecule has 0 amide bonds. The van der Waals surface area contributed by atoms with Crippen molar-refractivity contribution in [1.29, 1.82) is 0 Å². The van der Waals surface area contributed by atoms with Gasteiger partial charge in [-0.05, 0) is 13.3 Å². The molecule has 1 rings (SSSR count). The number of ether oxygens (including phenoxy) is 1. The van der Waals surface area contributed by atoms with Crippen LogP contribution in [0.25, 0.3) is 0 Å². The van der Waals surface area contributed by atoms with Gasteiger partial charge in [0.2, 0.25) is 0 Å². The van der Waals surface area contributed by atoms with E-state index in [-0.39, 0.29) is 0 Å². The van der Waals surface area contributed by atoms with Gasteiger partial charge in [-0.2, -0.15) is 0 Å². The Morgan fingerprint density at radius 1 is 1.39 bits per heavy atom. The molecule has 0 aliphatic heterocycles. The highest BCUT2D eigenvalue weighted by molar-refractivity contribution is 5.58. The molecule has 0 saturated carbocycles. The smallest absolute Gasteiger partial charge is 0.148 e. The van der Waals surface area contributed by atoms with Crippen molar-refractivity contribution in [3.63, 3.8) is 0 Å². The van der Waals surface area contributed by atoms with Crippen LogP contribution in [0.3, 0.4) is 0 Å². The summed E-state index contributed by atoms with van der Waals surface area (Å²) in [7, 11) is 2.00. The first-order valence-electron chi connectivity index (χ1n) is 6.33. The van der Waals surface area contributed by atoms with Crippen LogP contribution in [0, 0.1) is 0 Å². The number of hydrogen-bond acceptors (Lipinski definition) is 6. The summed E-state index contributed by atoms with van der Waals surface area (Å²) in [6, 6.07) is 0. The minimum absolute atomic E-state index is 0.688. The second kappa shape index (κ2) is 7.84. The molecule has 1 heterocycles. The number of nitrogens with two attached hydrogens (primary N) is 1. The van der Waals surface area contributed by atoms with Crippen LogP contribution in [0.4, 0.5) is 11.6 Å². The second-order valence-electron chi connectivity index (χ2n) is 4.04. The van der Waals surface area contributed by atoms with Crippen LogP contribution in [0.1, 0.15) is 25.8 Å². The van der Waals surface area contributed by atoms with Gasteiger partial charge in [0.05, 0.1) is 6.61 Å². The number of nitrogens with zero attached hydrogens (tertiary/aromatic N) is 3. The number of aromatic nitrogens is 2. The van der Waals surface area contributed by atoms with Gasteiger partial charge in [0.25, 0.3) is 0 Å². The van der Waals surface area contributed by atoms with E-state index in [9.17, 15) is 0 Å². The molecule has 3 N–H and O–H groups in total. The Labute approximate surface area is 109 Å². The summed E-state index contributed by atoms with van der Waals surface area (Å²) in [4.78, 5) is 10.6. The molecule has 0 aliphatic carbocycles. The third-order valence-electron chi connectivity index (χ3n) is 2.70. The van der Waals surface area contributed by atoms with Crippen molar-refractivity contribution >= 4 is 11.6 Å². The number of likely N-dealkylation sites (N-methyl/N-ethyl adjacent to an activating group) is 1. The molecule has 0 saturated heterocycles. The molecule has 1 aromatic heterocycles. The van der Waals surface area contributed by atoms with Crippen LogP contribution >= 0.6 is 0 Å². The first-order valence-corrected chi connectivity index (χ1v) is 6.33. The van der Waals surface area contributed by atoms with Gasteiger partial charge in [0.1, 0.15) is 18.0 Å². The Hall–Kier alpha value is -1.40. The monoisotopic (exact) mass is 253 g/mol. The van der Waals surface area contributed by atoms with Crippen molar-refractivity contribution in [2.24, 2.45) is 5.84 Å². The highest BCUT2D eigenvalue weighted by Gasteiger charge is 2.13. The maximum atomic E-state index is 5.49. The average Bonchev–Trinajstić information content (AvgIpc) is 2.39. The highest BCUT2D eigenvalue weighted by atomic mass is 16.5. The molecule has 0 aromatic carbocycles. The molecule has 0 fully saturated rings. The molecular formula is C12H23N5O. The van der Waals surface area contributed by atoms with E-state index < -0.39 is 0 Å². The van der Waals surface area contributed by atoms with Crippen molar-refractivity contribution in [3.05, 3.63) is 11.9 Å². The molecular weight excluding hydrogens is 230 g/mol. The first-order chi connectivity index (χ1) is 8.74. The van der Waals surface area contributed by atoms with Gasteiger partial charge in [-0.15, -0.1) is 0 Å². The summed E-state index contributed by atoms with van der Waals surface area (Å²) in [5.74, 6) is 7.10. The van der Waals surface area contributed by atoms with Crippen molar-refractivity contribution < 1.29 is 4.74 Å². The molecule has 6 nitrogen and oxygen atoms in total.